The Bertz CT molecular complexity index is 433. The molecule has 0 aliphatic heterocycles. The molecule has 15 heavy (non-hydrogen) atoms. The van der Waals surface area contributed by atoms with Gasteiger partial charge in [-0.2, -0.15) is 5.26 Å². The van der Waals surface area contributed by atoms with E-state index >= 15 is 0 Å². The molecule has 78 valence electrons. The van der Waals surface area contributed by atoms with E-state index in [-0.39, 0.29) is 17.7 Å². The van der Waals surface area contributed by atoms with Crippen LogP contribution in [0.3, 0.4) is 0 Å². The van der Waals surface area contributed by atoms with Crippen molar-refractivity contribution in [1.82, 2.24) is 0 Å². The normalized spacial score (nSPS) is 9.67. The number of nitrogens with two attached hydrogens (primary N) is 1. The first-order valence-corrected chi connectivity index (χ1v) is 4.63. The first-order valence-electron chi connectivity index (χ1n) is 4.63. The van der Waals surface area contributed by atoms with E-state index in [4.69, 9.17) is 16.1 Å². The summed E-state index contributed by atoms with van der Waals surface area (Å²) in [6.07, 6.45) is 0.584. The summed E-state index contributed by atoms with van der Waals surface area (Å²) in [5.41, 5.74) is 6.95. The minimum atomic E-state index is -1.07. The second-order valence-corrected chi connectivity index (χ2v) is 3.11. The van der Waals surface area contributed by atoms with Crippen molar-refractivity contribution in [2.24, 2.45) is 5.73 Å². The van der Waals surface area contributed by atoms with Crippen molar-refractivity contribution >= 4 is 5.97 Å². The van der Waals surface area contributed by atoms with E-state index in [9.17, 15) is 4.79 Å². The van der Waals surface area contributed by atoms with Crippen LogP contribution in [-0.4, -0.2) is 11.1 Å². The monoisotopic (exact) mass is 204 g/mol. The van der Waals surface area contributed by atoms with Gasteiger partial charge in [-0.3, -0.25) is 0 Å². The van der Waals surface area contributed by atoms with Gasteiger partial charge in [0.1, 0.15) is 6.07 Å². The molecule has 0 aliphatic rings. The van der Waals surface area contributed by atoms with Gasteiger partial charge in [-0.05, 0) is 17.5 Å². The fourth-order valence-electron chi connectivity index (χ4n) is 1.53. The van der Waals surface area contributed by atoms with E-state index in [1.54, 1.807) is 12.1 Å². The van der Waals surface area contributed by atoms with E-state index in [1.807, 2.05) is 13.0 Å². The Morgan fingerprint density at radius 1 is 1.53 bits per heavy atom. The Kier molecular flexibility index (Phi) is 3.42. The molecule has 0 amide bonds. The van der Waals surface area contributed by atoms with Crippen LogP contribution in [0.15, 0.2) is 12.1 Å². The fraction of sp³-hybridized carbons (Fsp3) is 0.273. The molecule has 0 saturated heterocycles. The summed E-state index contributed by atoms with van der Waals surface area (Å²) in [6.45, 7) is 2.03. The van der Waals surface area contributed by atoms with Crippen LogP contribution in [-0.2, 0) is 13.0 Å². The highest BCUT2D eigenvalue weighted by Crippen LogP contribution is 2.19. The first kappa shape index (κ1) is 11.2. The van der Waals surface area contributed by atoms with Gasteiger partial charge in [0.25, 0.3) is 0 Å². The number of aryl methyl sites for hydroxylation is 1. The molecule has 0 atom stereocenters. The second-order valence-electron chi connectivity index (χ2n) is 3.11. The largest absolute Gasteiger partial charge is 0.478 e. The summed E-state index contributed by atoms with van der Waals surface area (Å²) in [4.78, 5) is 11.0. The van der Waals surface area contributed by atoms with E-state index in [2.05, 4.69) is 0 Å². The minimum Gasteiger partial charge on any atom is -0.478 e. The number of carbonyl (C=O) groups is 1. The molecule has 0 aliphatic carbocycles. The SMILES string of the molecule is CCc1ccc(CN)c(C#N)c1C(=O)O. The van der Waals surface area contributed by atoms with Gasteiger partial charge >= 0.3 is 5.97 Å². The summed E-state index contributed by atoms with van der Waals surface area (Å²) in [6, 6.07) is 5.34. The zero-order chi connectivity index (χ0) is 11.4. The number of hydrogen-bond acceptors (Lipinski definition) is 3. The van der Waals surface area contributed by atoms with Crippen LogP contribution in [0.25, 0.3) is 0 Å². The molecule has 1 rings (SSSR count). The highest BCUT2D eigenvalue weighted by Gasteiger charge is 2.17. The molecule has 3 N–H and O–H groups in total. The van der Waals surface area contributed by atoms with Crippen LogP contribution in [0.1, 0.15) is 34.0 Å². The van der Waals surface area contributed by atoms with Gasteiger partial charge in [0.2, 0.25) is 0 Å². The van der Waals surface area contributed by atoms with Crippen molar-refractivity contribution in [3.05, 3.63) is 34.4 Å². The zero-order valence-electron chi connectivity index (χ0n) is 8.45. The third kappa shape index (κ3) is 1.97. The van der Waals surface area contributed by atoms with E-state index < -0.39 is 5.97 Å². The Morgan fingerprint density at radius 3 is 2.53 bits per heavy atom. The maximum atomic E-state index is 11.0. The Morgan fingerprint density at radius 2 is 2.13 bits per heavy atom. The Labute approximate surface area is 87.9 Å². The van der Waals surface area contributed by atoms with Gasteiger partial charge in [0, 0.05) is 6.54 Å². The fourth-order valence-corrected chi connectivity index (χ4v) is 1.53. The highest BCUT2D eigenvalue weighted by molar-refractivity contribution is 5.92. The van der Waals surface area contributed by atoms with Crippen molar-refractivity contribution in [2.45, 2.75) is 19.9 Å². The quantitative estimate of drug-likeness (QED) is 0.776. The maximum absolute atomic E-state index is 11.0. The van der Waals surface area contributed by atoms with Crippen LogP contribution in [0.4, 0.5) is 0 Å². The summed E-state index contributed by atoms with van der Waals surface area (Å²) in [7, 11) is 0. The van der Waals surface area contributed by atoms with Gasteiger partial charge < -0.3 is 10.8 Å². The molecule has 0 unspecified atom stereocenters. The van der Waals surface area contributed by atoms with E-state index in [0.29, 0.717) is 17.5 Å². The molecule has 0 radical (unpaired) electrons. The third-order valence-electron chi connectivity index (χ3n) is 2.30. The van der Waals surface area contributed by atoms with Crippen molar-refractivity contribution in [3.8, 4) is 6.07 Å². The lowest BCUT2D eigenvalue weighted by Gasteiger charge is -2.09. The molecule has 4 nitrogen and oxygen atoms in total. The molecule has 1 aromatic rings. The predicted octanol–water partition coefficient (Wildman–Crippen LogP) is 1.28. The van der Waals surface area contributed by atoms with Crippen LogP contribution < -0.4 is 5.73 Å². The van der Waals surface area contributed by atoms with Crippen LogP contribution >= 0.6 is 0 Å². The lowest BCUT2D eigenvalue weighted by atomic mass is 9.95. The van der Waals surface area contributed by atoms with Crippen LogP contribution in [0.2, 0.25) is 0 Å². The van der Waals surface area contributed by atoms with Gasteiger partial charge in [-0.15, -0.1) is 0 Å². The second kappa shape index (κ2) is 4.58. The number of carboxylic acids is 1. The predicted molar refractivity (Wildman–Crippen MR) is 55.4 cm³/mol. The van der Waals surface area contributed by atoms with Gasteiger partial charge in [-0.25, -0.2) is 4.79 Å². The summed E-state index contributed by atoms with van der Waals surface area (Å²) in [5.74, 6) is -1.07. The summed E-state index contributed by atoms with van der Waals surface area (Å²) < 4.78 is 0. The van der Waals surface area contributed by atoms with Crippen molar-refractivity contribution in [3.63, 3.8) is 0 Å². The molecule has 0 spiro atoms. The molecular weight excluding hydrogens is 192 g/mol. The maximum Gasteiger partial charge on any atom is 0.337 e. The van der Waals surface area contributed by atoms with E-state index in [0.717, 1.165) is 0 Å². The molecule has 0 bridgehead atoms. The highest BCUT2D eigenvalue weighted by atomic mass is 16.4. The molecule has 0 aromatic heterocycles. The molecule has 0 saturated carbocycles. The molecular formula is C11H12N2O2. The van der Waals surface area contributed by atoms with Crippen LogP contribution in [0.5, 0.6) is 0 Å². The van der Waals surface area contributed by atoms with Crippen molar-refractivity contribution in [2.75, 3.05) is 0 Å². The van der Waals surface area contributed by atoms with Gasteiger partial charge in [-0.1, -0.05) is 19.1 Å². The number of nitriles is 1. The van der Waals surface area contributed by atoms with E-state index in [1.165, 1.54) is 0 Å². The number of hydrogen-bond donors (Lipinski definition) is 2. The van der Waals surface area contributed by atoms with Gasteiger partial charge in [0.15, 0.2) is 0 Å². The standard InChI is InChI=1S/C11H12N2O2/c1-2-7-3-4-8(5-12)9(6-13)10(7)11(14)15/h3-4H,2,5,12H2,1H3,(H,14,15). The lowest BCUT2D eigenvalue weighted by Crippen LogP contribution is -2.10. The zero-order valence-corrected chi connectivity index (χ0v) is 8.45. The number of nitrogens with zero attached hydrogens (tertiary/aromatic N) is 1. The molecule has 0 fully saturated rings. The Hall–Kier alpha value is -1.86. The smallest absolute Gasteiger partial charge is 0.337 e. The average Bonchev–Trinajstić information content (AvgIpc) is 2.26. The lowest BCUT2D eigenvalue weighted by molar-refractivity contribution is 0.0695. The van der Waals surface area contributed by atoms with Crippen molar-refractivity contribution < 1.29 is 9.90 Å². The number of benzene rings is 1. The summed E-state index contributed by atoms with van der Waals surface area (Å²) in [5, 5.41) is 18.0. The number of carboxylic acid groups (broad SMARTS) is 1. The van der Waals surface area contributed by atoms with Crippen LogP contribution in [0, 0.1) is 11.3 Å². The molecule has 1 aromatic carbocycles. The van der Waals surface area contributed by atoms with Gasteiger partial charge in [0.05, 0.1) is 11.1 Å². The number of rotatable bonds is 3. The van der Waals surface area contributed by atoms with Crippen molar-refractivity contribution in [1.29, 1.82) is 5.26 Å². The molecule has 4 heteroatoms. The third-order valence-corrected chi connectivity index (χ3v) is 2.30. The minimum absolute atomic E-state index is 0.0861. The Balaban J connectivity index is 3.53. The summed E-state index contributed by atoms with van der Waals surface area (Å²) >= 11 is 0. The number of aromatic carboxylic acids is 1. The first-order chi connectivity index (χ1) is 7.15. The molecule has 0 heterocycles. The average molecular weight is 204 g/mol. The topological polar surface area (TPSA) is 87.1 Å².